The first-order chi connectivity index (χ1) is 8.70. The predicted octanol–water partition coefficient (Wildman–Crippen LogP) is 3.99. The Morgan fingerprint density at radius 3 is 2.61 bits per heavy atom. The van der Waals surface area contributed by atoms with Crippen LogP contribution in [0, 0.1) is 5.92 Å². The van der Waals surface area contributed by atoms with Crippen LogP contribution in [0.3, 0.4) is 0 Å². The maximum Gasteiger partial charge on any atom is 0.147 e. The molecule has 6 heteroatoms. The summed E-state index contributed by atoms with van der Waals surface area (Å²) in [6, 6.07) is 1.72. The molecule has 0 aromatic carbocycles. The van der Waals surface area contributed by atoms with Gasteiger partial charge in [-0.25, -0.2) is 4.98 Å². The van der Waals surface area contributed by atoms with Gasteiger partial charge in [-0.05, 0) is 36.3 Å². The molecule has 0 atom stereocenters. The van der Waals surface area contributed by atoms with Crippen molar-refractivity contribution in [1.82, 2.24) is 4.98 Å². The van der Waals surface area contributed by atoms with Gasteiger partial charge in [-0.2, -0.15) is 11.8 Å². The van der Waals surface area contributed by atoms with Crippen molar-refractivity contribution in [3.05, 3.63) is 16.1 Å². The number of rotatable bonds is 4. The minimum atomic E-state index is 0.544. The van der Waals surface area contributed by atoms with Crippen molar-refractivity contribution in [2.24, 2.45) is 5.92 Å². The Hall–Kier alpha value is -0.320. The molecule has 2 N–H and O–H groups in total. The number of anilines is 2. The molecule has 0 amide bonds. The van der Waals surface area contributed by atoms with Crippen molar-refractivity contribution >= 4 is 46.6 Å². The van der Waals surface area contributed by atoms with Crippen molar-refractivity contribution in [3.63, 3.8) is 0 Å². The first-order valence-electron chi connectivity index (χ1n) is 6.06. The molecular weight excluding hydrogens is 289 g/mol. The van der Waals surface area contributed by atoms with Crippen LogP contribution in [0.4, 0.5) is 11.6 Å². The maximum atomic E-state index is 6.13. The van der Waals surface area contributed by atoms with E-state index in [0.29, 0.717) is 21.7 Å². The lowest BCUT2D eigenvalue weighted by Crippen LogP contribution is -2.19. The minimum Gasteiger partial charge on any atom is -0.372 e. The second kappa shape index (κ2) is 6.73. The van der Waals surface area contributed by atoms with Gasteiger partial charge in [-0.3, -0.25) is 0 Å². The number of hydrogen-bond donors (Lipinski definition) is 2. The van der Waals surface area contributed by atoms with Crippen LogP contribution in [0.15, 0.2) is 6.07 Å². The Kier molecular flexibility index (Phi) is 5.27. The van der Waals surface area contributed by atoms with E-state index >= 15 is 0 Å². The molecule has 0 aliphatic carbocycles. The van der Waals surface area contributed by atoms with Gasteiger partial charge >= 0.3 is 0 Å². The Labute approximate surface area is 122 Å². The quantitative estimate of drug-likeness (QED) is 0.882. The second-order valence-corrected chi connectivity index (χ2v) is 6.38. The van der Waals surface area contributed by atoms with E-state index in [0.717, 1.165) is 12.5 Å². The summed E-state index contributed by atoms with van der Waals surface area (Å²) in [5, 5.41) is 7.41. The first kappa shape index (κ1) is 14.1. The van der Waals surface area contributed by atoms with E-state index in [1.165, 1.54) is 24.3 Å². The minimum absolute atomic E-state index is 0.544. The molecule has 0 spiro atoms. The molecule has 0 saturated carbocycles. The molecule has 1 aliphatic rings. The van der Waals surface area contributed by atoms with Crippen LogP contribution in [0.2, 0.25) is 10.0 Å². The molecule has 0 unspecified atom stereocenters. The van der Waals surface area contributed by atoms with E-state index in [2.05, 4.69) is 15.6 Å². The molecule has 100 valence electrons. The summed E-state index contributed by atoms with van der Waals surface area (Å²) < 4.78 is 0. The number of halogens is 2. The van der Waals surface area contributed by atoms with Gasteiger partial charge < -0.3 is 10.6 Å². The first-order valence-corrected chi connectivity index (χ1v) is 7.97. The van der Waals surface area contributed by atoms with E-state index < -0.39 is 0 Å². The lowest BCUT2D eigenvalue weighted by molar-refractivity contribution is 0.515. The van der Waals surface area contributed by atoms with Crippen LogP contribution in [-0.4, -0.2) is 30.1 Å². The summed E-state index contributed by atoms with van der Waals surface area (Å²) in [6.45, 7) is 0.929. The molecule has 3 nitrogen and oxygen atoms in total. The van der Waals surface area contributed by atoms with E-state index in [1.54, 1.807) is 13.1 Å². The molecule has 1 fully saturated rings. The molecule has 1 aliphatic heterocycles. The van der Waals surface area contributed by atoms with Crippen molar-refractivity contribution in [2.45, 2.75) is 12.8 Å². The monoisotopic (exact) mass is 305 g/mol. The average Bonchev–Trinajstić information content (AvgIpc) is 2.39. The number of thioether (sulfide) groups is 1. The largest absolute Gasteiger partial charge is 0.372 e. The van der Waals surface area contributed by atoms with Crippen LogP contribution in [0.5, 0.6) is 0 Å². The van der Waals surface area contributed by atoms with Crippen molar-refractivity contribution in [2.75, 3.05) is 35.7 Å². The molecule has 2 rings (SSSR count). The number of nitrogens with one attached hydrogen (secondary N) is 2. The standard InChI is InChI=1S/C12H17Cl2N3S/c1-15-11-9(13)6-10(14)12(17-11)16-7-8-2-4-18-5-3-8/h6,8H,2-5,7H2,1H3,(H2,15,16,17). The third kappa shape index (κ3) is 3.59. The fourth-order valence-corrected chi connectivity index (χ4v) is 3.68. The van der Waals surface area contributed by atoms with Gasteiger partial charge in [0.25, 0.3) is 0 Å². The van der Waals surface area contributed by atoms with Crippen LogP contribution >= 0.6 is 35.0 Å². The zero-order chi connectivity index (χ0) is 13.0. The van der Waals surface area contributed by atoms with E-state index in [4.69, 9.17) is 23.2 Å². The summed E-state index contributed by atoms with van der Waals surface area (Å²) in [6.07, 6.45) is 2.53. The highest BCUT2D eigenvalue weighted by Gasteiger charge is 2.15. The zero-order valence-electron chi connectivity index (χ0n) is 10.3. The number of aromatic nitrogens is 1. The van der Waals surface area contributed by atoms with Gasteiger partial charge in [0.05, 0.1) is 10.0 Å². The lowest BCUT2D eigenvalue weighted by atomic mass is 10.0. The summed E-state index contributed by atoms with van der Waals surface area (Å²) in [4.78, 5) is 4.38. The summed E-state index contributed by atoms with van der Waals surface area (Å²) >= 11 is 14.2. The highest BCUT2D eigenvalue weighted by Crippen LogP contribution is 2.30. The maximum absolute atomic E-state index is 6.13. The van der Waals surface area contributed by atoms with Crippen molar-refractivity contribution in [3.8, 4) is 0 Å². The highest BCUT2D eigenvalue weighted by atomic mass is 35.5. The molecule has 1 saturated heterocycles. The van der Waals surface area contributed by atoms with E-state index in [9.17, 15) is 0 Å². The normalized spacial score (nSPS) is 16.6. The Morgan fingerprint density at radius 1 is 1.28 bits per heavy atom. The summed E-state index contributed by atoms with van der Waals surface area (Å²) in [5.74, 6) is 4.61. The van der Waals surface area contributed by atoms with Crippen LogP contribution in [-0.2, 0) is 0 Å². The van der Waals surface area contributed by atoms with E-state index in [-0.39, 0.29) is 0 Å². The van der Waals surface area contributed by atoms with Gasteiger partial charge in [0.1, 0.15) is 11.6 Å². The van der Waals surface area contributed by atoms with Crippen LogP contribution < -0.4 is 10.6 Å². The molecule has 2 heterocycles. The third-order valence-electron chi connectivity index (χ3n) is 3.07. The van der Waals surface area contributed by atoms with Gasteiger partial charge in [0, 0.05) is 13.6 Å². The SMILES string of the molecule is CNc1nc(NCC2CCSCC2)c(Cl)cc1Cl. The zero-order valence-corrected chi connectivity index (χ0v) is 12.6. The third-order valence-corrected chi connectivity index (χ3v) is 4.69. The molecule has 0 radical (unpaired) electrons. The van der Waals surface area contributed by atoms with Crippen molar-refractivity contribution in [1.29, 1.82) is 0 Å². The van der Waals surface area contributed by atoms with Gasteiger partial charge in [-0.1, -0.05) is 23.2 Å². The smallest absolute Gasteiger partial charge is 0.147 e. The predicted molar refractivity (Wildman–Crippen MR) is 82.3 cm³/mol. The van der Waals surface area contributed by atoms with Gasteiger partial charge in [0.2, 0.25) is 0 Å². The van der Waals surface area contributed by atoms with Crippen molar-refractivity contribution < 1.29 is 0 Å². The topological polar surface area (TPSA) is 37.0 Å². The summed E-state index contributed by atoms with van der Waals surface area (Å²) in [7, 11) is 1.80. The van der Waals surface area contributed by atoms with Gasteiger partial charge in [0.15, 0.2) is 0 Å². The Morgan fingerprint density at radius 2 is 1.94 bits per heavy atom. The lowest BCUT2D eigenvalue weighted by Gasteiger charge is -2.22. The Balaban J connectivity index is 1.99. The Bertz CT molecular complexity index is 409. The summed E-state index contributed by atoms with van der Waals surface area (Å²) in [5.41, 5.74) is 0. The molecule has 0 bridgehead atoms. The van der Waals surface area contributed by atoms with Gasteiger partial charge in [-0.15, -0.1) is 0 Å². The van der Waals surface area contributed by atoms with E-state index in [1.807, 2.05) is 11.8 Å². The highest BCUT2D eigenvalue weighted by molar-refractivity contribution is 7.99. The number of nitrogens with zero attached hydrogens (tertiary/aromatic N) is 1. The second-order valence-electron chi connectivity index (χ2n) is 4.34. The fourth-order valence-electron chi connectivity index (χ4n) is 1.96. The van der Waals surface area contributed by atoms with Crippen LogP contribution in [0.25, 0.3) is 0 Å². The molecular formula is C12H17Cl2N3S. The molecule has 18 heavy (non-hydrogen) atoms. The number of pyridine rings is 1. The molecule has 1 aromatic heterocycles. The number of hydrogen-bond acceptors (Lipinski definition) is 4. The van der Waals surface area contributed by atoms with Crippen LogP contribution in [0.1, 0.15) is 12.8 Å². The average molecular weight is 306 g/mol. The molecule has 1 aromatic rings. The fraction of sp³-hybridized carbons (Fsp3) is 0.583.